The fourth-order valence-corrected chi connectivity index (χ4v) is 3.32. The van der Waals surface area contributed by atoms with Crippen LogP contribution in [0.15, 0.2) is 47.7 Å². The second kappa shape index (κ2) is 13.0. The zero-order chi connectivity index (χ0) is 26.9. The van der Waals surface area contributed by atoms with Gasteiger partial charge in [0.05, 0.1) is 17.2 Å². The largest absolute Gasteiger partial charge is 0.475 e. The molecule has 0 saturated carbocycles. The molecule has 0 saturated heterocycles. The molecular weight excluding hydrogens is 483 g/mol. The minimum atomic E-state index is -4.52. The molecule has 36 heavy (non-hydrogen) atoms. The Morgan fingerprint density at radius 3 is 2.53 bits per heavy atom. The maximum atomic E-state index is 14.7. The second-order valence-electron chi connectivity index (χ2n) is 7.92. The molecule has 0 fully saturated rings. The Hall–Kier alpha value is -3.50. The van der Waals surface area contributed by atoms with E-state index >= 15 is 0 Å². The molecule has 0 aliphatic rings. The summed E-state index contributed by atoms with van der Waals surface area (Å²) in [7, 11) is 1.44. The minimum absolute atomic E-state index is 0.0546. The topological polar surface area (TPSA) is 58.0 Å². The highest BCUT2D eigenvalue weighted by atomic mass is 19.4. The van der Waals surface area contributed by atoms with Crippen LogP contribution < -0.4 is 9.75 Å². The Balaban J connectivity index is 2.22. The molecule has 1 aromatic heterocycles. The first-order valence-corrected chi connectivity index (χ1v) is 11.4. The molecule has 1 atom stereocenters. The molecule has 1 aromatic carbocycles. The third-order valence-electron chi connectivity index (χ3n) is 5.17. The van der Waals surface area contributed by atoms with E-state index in [-0.39, 0.29) is 30.3 Å². The van der Waals surface area contributed by atoms with Crippen molar-refractivity contribution in [2.75, 3.05) is 25.2 Å². The fraction of sp³-hybridized carbons (Fsp3) is 0.400. The first kappa shape index (κ1) is 28.7. The van der Waals surface area contributed by atoms with Crippen molar-refractivity contribution in [1.82, 2.24) is 9.88 Å². The number of carbonyl (C=O) groups excluding carboxylic acids is 1. The highest BCUT2D eigenvalue weighted by Gasteiger charge is 2.31. The zero-order valence-electron chi connectivity index (χ0n) is 20.5. The van der Waals surface area contributed by atoms with Gasteiger partial charge in [-0.1, -0.05) is 19.4 Å². The van der Waals surface area contributed by atoms with Crippen LogP contribution in [0.1, 0.15) is 49.5 Å². The summed E-state index contributed by atoms with van der Waals surface area (Å²) in [6.07, 6.45) is 2.95. The number of hydrogen-bond acceptors (Lipinski definition) is 5. The maximum absolute atomic E-state index is 14.7. The van der Waals surface area contributed by atoms with Gasteiger partial charge in [0.25, 0.3) is 5.91 Å². The number of amides is 1. The predicted octanol–water partition coefficient (Wildman–Crippen LogP) is 6.09. The first-order valence-electron chi connectivity index (χ1n) is 11.4. The quantitative estimate of drug-likeness (QED) is 0.208. The number of alkyl halides is 3. The third-order valence-corrected chi connectivity index (χ3v) is 5.17. The molecule has 1 heterocycles. The van der Waals surface area contributed by atoms with E-state index in [1.807, 2.05) is 13.0 Å². The molecule has 2 aromatic rings. The Morgan fingerprint density at radius 1 is 1.22 bits per heavy atom. The van der Waals surface area contributed by atoms with Crippen LogP contribution in [-0.4, -0.2) is 48.2 Å². The van der Waals surface area contributed by atoms with Crippen molar-refractivity contribution in [2.45, 2.75) is 45.8 Å². The normalized spacial score (nSPS) is 12.8. The van der Waals surface area contributed by atoms with Crippen molar-refractivity contribution < 1.29 is 31.5 Å². The number of allylic oxidation sites excluding steroid dienone is 2. The smallest absolute Gasteiger partial charge is 0.417 e. The van der Waals surface area contributed by atoms with Gasteiger partial charge in [-0.25, -0.2) is 13.8 Å². The van der Waals surface area contributed by atoms with E-state index in [0.717, 1.165) is 36.0 Å². The second-order valence-corrected chi connectivity index (χ2v) is 7.92. The van der Waals surface area contributed by atoms with Crippen molar-refractivity contribution >= 4 is 17.8 Å². The summed E-state index contributed by atoms with van der Waals surface area (Å²) in [4.78, 5) is 18.3. The molecule has 2 rings (SSSR count). The number of likely N-dealkylation sites (N-methyl/N-ethyl adjacent to an activating group) is 1. The van der Waals surface area contributed by atoms with E-state index in [1.165, 1.54) is 18.2 Å². The Kier molecular flexibility index (Phi) is 10.4. The summed E-state index contributed by atoms with van der Waals surface area (Å²) in [5.74, 6) is -2.59. The van der Waals surface area contributed by atoms with Crippen molar-refractivity contribution in [3.05, 3.63) is 65.4 Å². The van der Waals surface area contributed by atoms with Crippen LogP contribution in [0.2, 0.25) is 0 Å². The summed E-state index contributed by atoms with van der Waals surface area (Å²) < 4.78 is 72.4. The average molecular weight is 513 g/mol. The van der Waals surface area contributed by atoms with Crippen LogP contribution in [0.3, 0.4) is 0 Å². The number of nitrogens with zero attached hydrogens (tertiary/aromatic N) is 4. The van der Waals surface area contributed by atoms with Gasteiger partial charge in [0.15, 0.2) is 5.82 Å². The van der Waals surface area contributed by atoms with Crippen LogP contribution in [0.25, 0.3) is 0 Å². The summed E-state index contributed by atoms with van der Waals surface area (Å²) in [6.45, 7) is 5.40. The van der Waals surface area contributed by atoms with Gasteiger partial charge in [0, 0.05) is 38.1 Å². The van der Waals surface area contributed by atoms with Crippen LogP contribution in [0.4, 0.5) is 27.6 Å². The lowest BCUT2D eigenvalue weighted by atomic mass is 10.1. The number of anilines is 1. The Bertz CT molecular complexity index is 1070. The number of unbranched alkanes of at least 4 members (excludes halogenated alkanes) is 1. The molecule has 0 radical (unpaired) electrons. The van der Waals surface area contributed by atoms with Gasteiger partial charge in [-0.2, -0.15) is 18.3 Å². The number of benzene rings is 1. The van der Waals surface area contributed by atoms with Crippen LogP contribution in [-0.2, 0) is 6.18 Å². The SMILES string of the molecule is CCC/C=C\C=N/N(C)c1c(F)cc(F)cc1C(=O)N(CC)C(C)COc1ccc(C(F)(F)F)cn1. The van der Waals surface area contributed by atoms with Gasteiger partial charge >= 0.3 is 6.18 Å². The molecule has 196 valence electrons. The number of ether oxygens (including phenoxy) is 1. The van der Waals surface area contributed by atoms with E-state index in [2.05, 4.69) is 10.1 Å². The van der Waals surface area contributed by atoms with Crippen LogP contribution in [0.5, 0.6) is 5.88 Å². The molecule has 6 nitrogen and oxygen atoms in total. The van der Waals surface area contributed by atoms with Crippen molar-refractivity contribution in [1.29, 1.82) is 0 Å². The molecule has 1 unspecified atom stereocenters. The minimum Gasteiger partial charge on any atom is -0.475 e. The number of aromatic nitrogens is 1. The van der Waals surface area contributed by atoms with E-state index in [1.54, 1.807) is 19.9 Å². The molecule has 0 N–H and O–H groups in total. The number of hydrogen-bond donors (Lipinski definition) is 0. The van der Waals surface area contributed by atoms with Gasteiger partial charge in [-0.05, 0) is 38.5 Å². The number of halogens is 5. The zero-order valence-corrected chi connectivity index (χ0v) is 20.5. The summed E-state index contributed by atoms with van der Waals surface area (Å²) >= 11 is 0. The lowest BCUT2D eigenvalue weighted by Crippen LogP contribution is -2.42. The van der Waals surface area contributed by atoms with E-state index < -0.39 is 35.3 Å². The standard InChI is InChI=1S/C25H29F5N4O2/c1-5-7-8-9-12-32-33(4)23-20(13-19(26)14-21(23)27)24(35)34(6-2)17(3)16-36-22-11-10-18(15-31-22)25(28,29)30/h8-15,17H,5-7,16H2,1-4H3/b9-8-,32-12-. The highest BCUT2D eigenvalue weighted by Crippen LogP contribution is 2.30. The highest BCUT2D eigenvalue weighted by molar-refractivity contribution is 6.00. The molecule has 0 aliphatic heterocycles. The lowest BCUT2D eigenvalue weighted by molar-refractivity contribution is -0.137. The van der Waals surface area contributed by atoms with Crippen LogP contribution in [0, 0.1) is 11.6 Å². The van der Waals surface area contributed by atoms with Gasteiger partial charge in [-0.3, -0.25) is 9.80 Å². The van der Waals surface area contributed by atoms with Gasteiger partial charge in [0.1, 0.15) is 18.1 Å². The van der Waals surface area contributed by atoms with E-state index in [9.17, 15) is 26.7 Å². The van der Waals surface area contributed by atoms with Gasteiger partial charge in [0.2, 0.25) is 5.88 Å². The first-order chi connectivity index (χ1) is 17.0. The molecule has 11 heteroatoms. The number of carbonyl (C=O) groups is 1. The fourth-order valence-electron chi connectivity index (χ4n) is 3.32. The summed E-state index contributed by atoms with van der Waals surface area (Å²) in [5, 5.41) is 5.26. The Labute approximate surface area is 207 Å². The molecule has 0 bridgehead atoms. The molecule has 1 amide bonds. The molecular formula is C25H29F5N4O2. The van der Waals surface area contributed by atoms with Gasteiger partial charge in [-0.15, -0.1) is 0 Å². The maximum Gasteiger partial charge on any atom is 0.417 e. The third kappa shape index (κ3) is 7.76. The monoisotopic (exact) mass is 512 g/mol. The lowest BCUT2D eigenvalue weighted by Gasteiger charge is -2.29. The van der Waals surface area contributed by atoms with Gasteiger partial charge < -0.3 is 9.64 Å². The molecule has 0 spiro atoms. The average Bonchev–Trinajstić information content (AvgIpc) is 2.82. The predicted molar refractivity (Wildman–Crippen MR) is 128 cm³/mol. The van der Waals surface area contributed by atoms with E-state index in [4.69, 9.17) is 4.74 Å². The summed E-state index contributed by atoms with van der Waals surface area (Å²) in [5.41, 5.74) is -1.34. The van der Waals surface area contributed by atoms with Crippen LogP contribution >= 0.6 is 0 Å². The number of rotatable bonds is 11. The summed E-state index contributed by atoms with van der Waals surface area (Å²) in [6, 6.07) is 2.93. The van der Waals surface area contributed by atoms with Crippen molar-refractivity contribution in [2.24, 2.45) is 5.10 Å². The van der Waals surface area contributed by atoms with Crippen molar-refractivity contribution in [3.8, 4) is 5.88 Å². The number of hydrazone groups is 1. The molecule has 0 aliphatic carbocycles. The number of pyridine rings is 1. The Morgan fingerprint density at radius 2 is 1.94 bits per heavy atom. The van der Waals surface area contributed by atoms with E-state index in [0.29, 0.717) is 12.3 Å². The van der Waals surface area contributed by atoms with Crippen molar-refractivity contribution in [3.63, 3.8) is 0 Å².